The zero-order valence-corrected chi connectivity index (χ0v) is 16.8. The van der Waals surface area contributed by atoms with Crippen LogP contribution in [0.2, 0.25) is 0 Å². The first-order valence-corrected chi connectivity index (χ1v) is 10.0. The molecule has 0 unspecified atom stereocenters. The maximum Gasteiger partial charge on any atom is 0.224 e. The molecule has 0 spiro atoms. The molecule has 1 saturated heterocycles. The second kappa shape index (κ2) is 9.40. The number of hydrogen-bond donors (Lipinski definition) is 1. The van der Waals surface area contributed by atoms with Crippen molar-refractivity contribution in [3.05, 3.63) is 59.7 Å². The van der Waals surface area contributed by atoms with Crippen LogP contribution in [-0.2, 0) is 22.4 Å². The lowest BCUT2D eigenvalue weighted by Crippen LogP contribution is -2.48. The van der Waals surface area contributed by atoms with E-state index < -0.39 is 0 Å². The van der Waals surface area contributed by atoms with Gasteiger partial charge in [0.05, 0.1) is 0 Å². The van der Waals surface area contributed by atoms with Gasteiger partial charge in [0.15, 0.2) is 0 Å². The second-order valence-electron chi connectivity index (χ2n) is 7.26. The summed E-state index contributed by atoms with van der Waals surface area (Å²) in [5.41, 5.74) is 4.44. The molecule has 1 N–H and O–H groups in total. The van der Waals surface area contributed by atoms with E-state index in [4.69, 9.17) is 0 Å². The Morgan fingerprint density at radius 2 is 1.50 bits per heavy atom. The molecule has 0 aromatic heterocycles. The summed E-state index contributed by atoms with van der Waals surface area (Å²) in [5, 5.41) is 2.98. The molecular formula is C23H29N3O2. The van der Waals surface area contributed by atoms with Gasteiger partial charge in [-0.25, -0.2) is 0 Å². The Hall–Kier alpha value is -2.82. The number of aryl methyl sites for hydroxylation is 2. The number of amides is 2. The summed E-state index contributed by atoms with van der Waals surface area (Å²) in [5.74, 6) is 0.168. The van der Waals surface area contributed by atoms with Gasteiger partial charge in [0.2, 0.25) is 11.8 Å². The zero-order chi connectivity index (χ0) is 19.9. The van der Waals surface area contributed by atoms with Crippen molar-refractivity contribution in [3.8, 4) is 0 Å². The average molecular weight is 380 g/mol. The van der Waals surface area contributed by atoms with Gasteiger partial charge in [-0.1, -0.05) is 31.2 Å². The molecule has 1 aliphatic heterocycles. The van der Waals surface area contributed by atoms with Gasteiger partial charge in [0.25, 0.3) is 0 Å². The number of benzene rings is 2. The van der Waals surface area contributed by atoms with Crippen LogP contribution in [0.25, 0.3) is 0 Å². The van der Waals surface area contributed by atoms with E-state index in [-0.39, 0.29) is 11.8 Å². The maximum atomic E-state index is 12.2. The van der Waals surface area contributed by atoms with Gasteiger partial charge >= 0.3 is 0 Å². The van der Waals surface area contributed by atoms with Crippen molar-refractivity contribution in [2.75, 3.05) is 36.4 Å². The van der Waals surface area contributed by atoms with E-state index >= 15 is 0 Å². The van der Waals surface area contributed by atoms with Crippen molar-refractivity contribution >= 4 is 23.2 Å². The van der Waals surface area contributed by atoms with E-state index in [2.05, 4.69) is 41.4 Å². The molecule has 5 nitrogen and oxygen atoms in total. The molecule has 0 radical (unpaired) electrons. The monoisotopic (exact) mass is 379 g/mol. The van der Waals surface area contributed by atoms with E-state index in [1.165, 1.54) is 11.1 Å². The van der Waals surface area contributed by atoms with Crippen molar-refractivity contribution in [1.82, 2.24) is 4.90 Å². The fraction of sp³-hybridized carbons (Fsp3) is 0.391. The first kappa shape index (κ1) is 19.9. The molecular weight excluding hydrogens is 350 g/mol. The van der Waals surface area contributed by atoms with Crippen molar-refractivity contribution in [2.45, 2.75) is 33.1 Å². The SMILES string of the molecule is CCc1ccc(CCC(=O)Nc2ccc(N3CCN(C(C)=O)CC3)cc2)cc1. The Morgan fingerprint density at radius 1 is 0.893 bits per heavy atom. The molecule has 2 aromatic rings. The fourth-order valence-corrected chi connectivity index (χ4v) is 3.46. The van der Waals surface area contributed by atoms with Crippen molar-refractivity contribution in [1.29, 1.82) is 0 Å². The van der Waals surface area contributed by atoms with E-state index in [0.29, 0.717) is 6.42 Å². The predicted molar refractivity (Wildman–Crippen MR) is 114 cm³/mol. The standard InChI is InChI=1S/C23H29N3O2/c1-3-19-4-6-20(7-5-19)8-13-23(28)24-21-9-11-22(12-10-21)26-16-14-25(15-17-26)18(2)27/h4-7,9-12H,3,8,13-17H2,1-2H3,(H,24,28). The number of nitrogens with zero attached hydrogens (tertiary/aromatic N) is 2. The highest BCUT2D eigenvalue weighted by atomic mass is 16.2. The molecule has 148 valence electrons. The van der Waals surface area contributed by atoms with Crippen LogP contribution in [0.4, 0.5) is 11.4 Å². The van der Waals surface area contributed by atoms with Gasteiger partial charge in [-0.05, 0) is 48.2 Å². The summed E-state index contributed by atoms with van der Waals surface area (Å²) < 4.78 is 0. The number of carbonyl (C=O) groups is 2. The Balaban J connectivity index is 1.47. The molecule has 28 heavy (non-hydrogen) atoms. The molecule has 1 aliphatic rings. The van der Waals surface area contributed by atoms with Crippen LogP contribution in [0, 0.1) is 0 Å². The maximum absolute atomic E-state index is 12.2. The Morgan fingerprint density at radius 3 is 2.07 bits per heavy atom. The van der Waals surface area contributed by atoms with E-state index in [1.54, 1.807) is 6.92 Å². The summed E-state index contributed by atoms with van der Waals surface area (Å²) in [4.78, 5) is 27.8. The van der Waals surface area contributed by atoms with Gasteiger partial charge in [-0.2, -0.15) is 0 Å². The molecule has 2 amide bonds. The highest BCUT2D eigenvalue weighted by Crippen LogP contribution is 2.20. The average Bonchev–Trinajstić information content (AvgIpc) is 2.73. The van der Waals surface area contributed by atoms with E-state index in [1.807, 2.05) is 29.2 Å². The van der Waals surface area contributed by atoms with Crippen LogP contribution in [0.5, 0.6) is 0 Å². The molecule has 0 saturated carbocycles. The lowest BCUT2D eigenvalue weighted by molar-refractivity contribution is -0.129. The summed E-state index contributed by atoms with van der Waals surface area (Å²) in [6.07, 6.45) is 2.25. The van der Waals surface area contributed by atoms with Crippen molar-refractivity contribution < 1.29 is 9.59 Å². The smallest absolute Gasteiger partial charge is 0.224 e. The first-order valence-electron chi connectivity index (χ1n) is 10.0. The van der Waals surface area contributed by atoms with Crippen LogP contribution < -0.4 is 10.2 Å². The summed E-state index contributed by atoms with van der Waals surface area (Å²) in [6.45, 7) is 6.94. The van der Waals surface area contributed by atoms with E-state index in [0.717, 1.165) is 50.4 Å². The summed E-state index contributed by atoms with van der Waals surface area (Å²) >= 11 is 0. The fourth-order valence-electron chi connectivity index (χ4n) is 3.46. The van der Waals surface area contributed by atoms with Crippen molar-refractivity contribution in [3.63, 3.8) is 0 Å². The Labute approximate surface area is 167 Å². The number of anilines is 2. The second-order valence-corrected chi connectivity index (χ2v) is 7.26. The first-order chi connectivity index (χ1) is 13.5. The third-order valence-electron chi connectivity index (χ3n) is 5.31. The van der Waals surface area contributed by atoms with Crippen LogP contribution >= 0.6 is 0 Å². The van der Waals surface area contributed by atoms with Crippen LogP contribution in [0.3, 0.4) is 0 Å². The number of carbonyl (C=O) groups excluding carboxylic acids is 2. The third kappa shape index (κ3) is 5.35. The molecule has 1 fully saturated rings. The molecule has 2 aromatic carbocycles. The van der Waals surface area contributed by atoms with Gasteiger partial charge in [0, 0.05) is 50.9 Å². The van der Waals surface area contributed by atoms with Gasteiger partial charge in [-0.15, -0.1) is 0 Å². The largest absolute Gasteiger partial charge is 0.368 e. The topological polar surface area (TPSA) is 52.7 Å². The number of hydrogen-bond acceptors (Lipinski definition) is 3. The summed E-state index contributed by atoms with van der Waals surface area (Å²) in [6, 6.07) is 16.4. The normalized spacial score (nSPS) is 14.1. The van der Waals surface area contributed by atoms with Crippen molar-refractivity contribution in [2.24, 2.45) is 0 Å². The van der Waals surface area contributed by atoms with Gasteiger partial charge in [-0.3, -0.25) is 9.59 Å². The molecule has 5 heteroatoms. The van der Waals surface area contributed by atoms with Crippen LogP contribution in [0.1, 0.15) is 31.4 Å². The lowest BCUT2D eigenvalue weighted by atomic mass is 10.1. The third-order valence-corrected chi connectivity index (χ3v) is 5.31. The molecule has 3 rings (SSSR count). The van der Waals surface area contributed by atoms with Crippen LogP contribution in [-0.4, -0.2) is 42.9 Å². The Bertz CT molecular complexity index is 792. The molecule has 1 heterocycles. The predicted octanol–water partition coefficient (Wildman–Crippen LogP) is 3.49. The number of piperazine rings is 1. The van der Waals surface area contributed by atoms with Crippen LogP contribution in [0.15, 0.2) is 48.5 Å². The molecule has 0 bridgehead atoms. The minimum atomic E-state index is 0.0300. The molecule has 0 atom stereocenters. The highest BCUT2D eigenvalue weighted by molar-refractivity contribution is 5.91. The van der Waals surface area contributed by atoms with Gasteiger partial charge in [0.1, 0.15) is 0 Å². The highest BCUT2D eigenvalue weighted by Gasteiger charge is 2.18. The minimum absolute atomic E-state index is 0.0300. The lowest BCUT2D eigenvalue weighted by Gasteiger charge is -2.35. The number of rotatable bonds is 6. The Kier molecular flexibility index (Phi) is 6.69. The number of nitrogens with one attached hydrogen (secondary N) is 1. The van der Waals surface area contributed by atoms with E-state index in [9.17, 15) is 9.59 Å². The minimum Gasteiger partial charge on any atom is -0.368 e. The van der Waals surface area contributed by atoms with Gasteiger partial charge < -0.3 is 15.1 Å². The summed E-state index contributed by atoms with van der Waals surface area (Å²) in [7, 11) is 0. The molecule has 0 aliphatic carbocycles. The quantitative estimate of drug-likeness (QED) is 0.836. The zero-order valence-electron chi connectivity index (χ0n) is 16.8.